The maximum absolute atomic E-state index is 12.2. The first-order valence-electron chi connectivity index (χ1n) is 6.74. The Morgan fingerprint density at radius 3 is 2.41 bits per heavy atom. The molecule has 22 heavy (non-hydrogen) atoms. The molecule has 1 amide bonds. The van der Waals surface area contributed by atoms with Crippen LogP contribution in [0.3, 0.4) is 0 Å². The maximum atomic E-state index is 12.2. The number of hydrogen-bond donors (Lipinski definition) is 0. The fourth-order valence-electron chi connectivity index (χ4n) is 1.92. The second-order valence-corrected chi connectivity index (χ2v) is 4.49. The lowest BCUT2D eigenvalue weighted by Gasteiger charge is -2.19. The monoisotopic (exact) mass is 302 g/mol. The van der Waals surface area contributed by atoms with Crippen LogP contribution in [-0.2, 0) is 17.9 Å². The zero-order valence-electron chi connectivity index (χ0n) is 12.5. The van der Waals surface area contributed by atoms with Gasteiger partial charge in [-0.1, -0.05) is 12.2 Å². The van der Waals surface area contributed by atoms with E-state index in [1.165, 1.54) is 15.7 Å². The molecule has 0 aliphatic heterocycles. The van der Waals surface area contributed by atoms with E-state index in [4.69, 9.17) is 5.26 Å². The molecule has 0 atom stereocenters. The summed E-state index contributed by atoms with van der Waals surface area (Å²) in [5.74, 6) is -0.420. The van der Waals surface area contributed by atoms with Crippen LogP contribution in [-0.4, -0.2) is 33.0 Å². The van der Waals surface area contributed by atoms with Gasteiger partial charge in [-0.15, -0.1) is 13.2 Å². The van der Waals surface area contributed by atoms with Gasteiger partial charge in [0.25, 0.3) is 5.56 Å². The second-order valence-electron chi connectivity index (χ2n) is 4.49. The maximum Gasteiger partial charge on any atom is 0.331 e. The van der Waals surface area contributed by atoms with Crippen molar-refractivity contribution < 1.29 is 4.79 Å². The van der Waals surface area contributed by atoms with Crippen LogP contribution in [0, 0.1) is 11.3 Å². The van der Waals surface area contributed by atoms with Crippen molar-refractivity contribution in [2.24, 2.45) is 0 Å². The van der Waals surface area contributed by atoms with Crippen LogP contribution in [0.5, 0.6) is 0 Å². The lowest BCUT2D eigenvalue weighted by atomic mass is 10.3. The van der Waals surface area contributed by atoms with Gasteiger partial charge in [-0.05, 0) is 6.92 Å². The summed E-state index contributed by atoms with van der Waals surface area (Å²) >= 11 is 0. The van der Waals surface area contributed by atoms with Crippen LogP contribution in [0.1, 0.15) is 12.5 Å². The molecule has 0 saturated carbocycles. The molecule has 1 aromatic rings. The van der Waals surface area contributed by atoms with Crippen LogP contribution in [0.4, 0.5) is 0 Å². The summed E-state index contributed by atoms with van der Waals surface area (Å²) in [6.07, 6.45) is 4.29. The fourth-order valence-corrected chi connectivity index (χ4v) is 1.92. The summed E-state index contributed by atoms with van der Waals surface area (Å²) in [7, 11) is 0. The first-order chi connectivity index (χ1) is 10.5. The van der Waals surface area contributed by atoms with Gasteiger partial charge in [0.15, 0.2) is 0 Å². The van der Waals surface area contributed by atoms with Gasteiger partial charge in [-0.25, -0.2) is 9.36 Å². The lowest BCUT2D eigenvalue weighted by molar-refractivity contribution is -0.130. The Morgan fingerprint density at radius 2 is 1.95 bits per heavy atom. The minimum Gasteiger partial charge on any atom is -0.334 e. The number of aromatic nitrogens is 2. The molecule has 7 nitrogen and oxygen atoms in total. The molecule has 0 aliphatic carbocycles. The minimum absolute atomic E-state index is 0.173. The highest BCUT2D eigenvalue weighted by Crippen LogP contribution is 1.94. The predicted octanol–water partition coefficient (Wildman–Crippen LogP) is 0.102. The van der Waals surface area contributed by atoms with Crippen LogP contribution in [0.2, 0.25) is 0 Å². The number of carbonyl (C=O) groups is 1. The van der Waals surface area contributed by atoms with E-state index in [1.54, 1.807) is 25.1 Å². The predicted molar refractivity (Wildman–Crippen MR) is 82.3 cm³/mol. The van der Waals surface area contributed by atoms with E-state index >= 15 is 0 Å². The number of carbonyl (C=O) groups excluding carboxylic acids is 1. The molecule has 0 unspecified atom stereocenters. The number of nitrogens with zero attached hydrogens (tertiary/aromatic N) is 4. The van der Waals surface area contributed by atoms with Gasteiger partial charge in [0, 0.05) is 25.8 Å². The van der Waals surface area contributed by atoms with E-state index in [0.29, 0.717) is 6.54 Å². The highest BCUT2D eigenvalue weighted by molar-refractivity contribution is 5.76. The summed E-state index contributed by atoms with van der Waals surface area (Å²) < 4.78 is 2.00. The zero-order chi connectivity index (χ0) is 16.7. The summed E-state index contributed by atoms with van der Waals surface area (Å²) in [6, 6.07) is 1.74. The zero-order valence-corrected chi connectivity index (χ0v) is 12.5. The van der Waals surface area contributed by atoms with Crippen molar-refractivity contribution in [2.75, 3.05) is 13.1 Å². The normalized spacial score (nSPS) is 9.82. The van der Waals surface area contributed by atoms with E-state index < -0.39 is 23.7 Å². The quantitative estimate of drug-likeness (QED) is 0.668. The van der Waals surface area contributed by atoms with Crippen molar-refractivity contribution in [2.45, 2.75) is 20.0 Å². The average molecular weight is 302 g/mol. The molecule has 0 saturated heterocycles. The number of amides is 1. The smallest absolute Gasteiger partial charge is 0.331 e. The summed E-state index contributed by atoms with van der Waals surface area (Å²) in [5.41, 5.74) is -1.55. The largest absolute Gasteiger partial charge is 0.334 e. The number of nitriles is 1. The van der Waals surface area contributed by atoms with Gasteiger partial charge in [-0.2, -0.15) is 5.26 Å². The van der Waals surface area contributed by atoms with Gasteiger partial charge in [0.2, 0.25) is 5.91 Å². The highest BCUT2D eigenvalue weighted by atomic mass is 16.2. The van der Waals surface area contributed by atoms with Crippen molar-refractivity contribution in [1.29, 1.82) is 5.26 Å². The van der Waals surface area contributed by atoms with E-state index in [-0.39, 0.29) is 18.7 Å². The van der Waals surface area contributed by atoms with Crippen molar-refractivity contribution in [3.05, 3.63) is 57.9 Å². The highest BCUT2D eigenvalue weighted by Gasteiger charge is 2.17. The van der Waals surface area contributed by atoms with Crippen molar-refractivity contribution >= 4 is 5.91 Å². The molecule has 0 bridgehead atoms. The fraction of sp³-hybridized carbons (Fsp3) is 0.333. The van der Waals surface area contributed by atoms with Crippen molar-refractivity contribution in [3.8, 4) is 6.07 Å². The molecule has 0 spiro atoms. The van der Waals surface area contributed by atoms with Crippen LogP contribution >= 0.6 is 0 Å². The Morgan fingerprint density at radius 1 is 1.36 bits per heavy atom. The third-order valence-corrected chi connectivity index (χ3v) is 3.04. The Labute approximate surface area is 128 Å². The Hall–Kier alpha value is -2.88. The molecule has 116 valence electrons. The Balaban J connectivity index is 3.27. The minimum atomic E-state index is -0.761. The molecule has 1 heterocycles. The molecule has 0 N–H and O–H groups in total. The number of hydrogen-bond acceptors (Lipinski definition) is 4. The molecule has 1 rings (SSSR count). The van der Waals surface area contributed by atoms with Crippen LogP contribution < -0.4 is 11.2 Å². The van der Waals surface area contributed by atoms with Crippen LogP contribution in [0.15, 0.2) is 41.1 Å². The van der Waals surface area contributed by atoms with E-state index in [0.717, 1.165) is 4.57 Å². The molecule has 0 aliphatic rings. The van der Waals surface area contributed by atoms with Crippen molar-refractivity contribution in [1.82, 2.24) is 14.0 Å². The van der Waals surface area contributed by atoms with Gasteiger partial charge in [0.1, 0.15) is 18.2 Å². The summed E-state index contributed by atoms with van der Waals surface area (Å²) in [6.45, 7) is 9.25. The molecule has 0 radical (unpaired) electrons. The first kappa shape index (κ1) is 17.2. The second kappa shape index (κ2) is 7.78. The SMILES string of the molecule is C=CCN(CC=C)C(=O)Cn1c(=O)c(C#N)cn(CC)c1=O. The van der Waals surface area contributed by atoms with E-state index in [2.05, 4.69) is 13.2 Å². The third kappa shape index (κ3) is 3.61. The van der Waals surface area contributed by atoms with Gasteiger partial charge in [-0.3, -0.25) is 14.2 Å². The summed E-state index contributed by atoms with van der Waals surface area (Å²) in [4.78, 5) is 37.9. The first-order valence-corrected chi connectivity index (χ1v) is 6.74. The number of rotatable bonds is 7. The van der Waals surface area contributed by atoms with Gasteiger partial charge < -0.3 is 4.90 Å². The lowest BCUT2D eigenvalue weighted by Crippen LogP contribution is -2.45. The molecule has 1 aromatic heterocycles. The molecular formula is C15H18N4O3. The van der Waals surface area contributed by atoms with Gasteiger partial charge in [0.05, 0.1) is 0 Å². The van der Waals surface area contributed by atoms with Crippen LogP contribution in [0.25, 0.3) is 0 Å². The summed E-state index contributed by atoms with van der Waals surface area (Å²) in [5, 5.41) is 8.96. The van der Waals surface area contributed by atoms with Crippen molar-refractivity contribution in [3.63, 3.8) is 0 Å². The Kier molecular flexibility index (Phi) is 6.08. The molecule has 0 fully saturated rings. The number of aryl methyl sites for hydroxylation is 1. The molecule has 0 aromatic carbocycles. The Bertz CT molecular complexity index is 727. The molecule has 7 heteroatoms. The van der Waals surface area contributed by atoms with Gasteiger partial charge >= 0.3 is 5.69 Å². The van der Waals surface area contributed by atoms with E-state index in [1.807, 2.05) is 0 Å². The standard InChI is InChI=1S/C15H18N4O3/c1-4-7-18(8-5-2)13(20)11-19-14(21)12(9-16)10-17(6-3)15(19)22/h4-5,10H,1-2,6-8,11H2,3H3. The topological polar surface area (TPSA) is 88.1 Å². The average Bonchev–Trinajstić information content (AvgIpc) is 2.51. The van der Waals surface area contributed by atoms with E-state index in [9.17, 15) is 14.4 Å². The molecular weight excluding hydrogens is 284 g/mol. The third-order valence-electron chi connectivity index (χ3n) is 3.04.